The summed E-state index contributed by atoms with van der Waals surface area (Å²) < 4.78 is 10.6. The SMILES string of the molecule is COc1ccc(OC)c2c1C(=O)CCC2C. The van der Waals surface area contributed by atoms with E-state index in [4.69, 9.17) is 9.47 Å². The Bertz CT molecular complexity index is 423. The van der Waals surface area contributed by atoms with Crippen LogP contribution in [0.25, 0.3) is 0 Å². The van der Waals surface area contributed by atoms with Crippen LogP contribution in [0.5, 0.6) is 11.5 Å². The van der Waals surface area contributed by atoms with Crippen molar-refractivity contribution in [2.75, 3.05) is 14.2 Å². The molecule has 0 aromatic heterocycles. The molecule has 16 heavy (non-hydrogen) atoms. The number of ketones is 1. The topological polar surface area (TPSA) is 35.5 Å². The average molecular weight is 220 g/mol. The van der Waals surface area contributed by atoms with Gasteiger partial charge in [-0.25, -0.2) is 0 Å². The smallest absolute Gasteiger partial charge is 0.167 e. The second-order valence-corrected chi connectivity index (χ2v) is 4.12. The number of hydrogen-bond acceptors (Lipinski definition) is 3. The molecule has 1 aromatic rings. The molecule has 1 aromatic carbocycles. The Kier molecular flexibility index (Phi) is 2.86. The highest BCUT2D eigenvalue weighted by Gasteiger charge is 2.29. The largest absolute Gasteiger partial charge is 0.496 e. The molecule has 0 aliphatic heterocycles. The number of ether oxygens (including phenoxy) is 2. The van der Waals surface area contributed by atoms with Crippen LogP contribution in [0.2, 0.25) is 0 Å². The van der Waals surface area contributed by atoms with E-state index in [0.717, 1.165) is 17.7 Å². The van der Waals surface area contributed by atoms with E-state index in [1.165, 1.54) is 0 Å². The number of methoxy groups -OCH3 is 2. The first kappa shape index (κ1) is 11.0. The van der Waals surface area contributed by atoms with Crippen molar-refractivity contribution >= 4 is 5.78 Å². The Hall–Kier alpha value is -1.51. The van der Waals surface area contributed by atoms with Gasteiger partial charge in [0.05, 0.1) is 19.8 Å². The molecule has 0 N–H and O–H groups in total. The first-order chi connectivity index (χ1) is 7.69. The fourth-order valence-corrected chi connectivity index (χ4v) is 2.32. The molecular formula is C13H16O3. The lowest BCUT2D eigenvalue weighted by molar-refractivity contribution is 0.0963. The number of benzene rings is 1. The fraction of sp³-hybridized carbons (Fsp3) is 0.462. The van der Waals surface area contributed by atoms with Crippen molar-refractivity contribution in [3.63, 3.8) is 0 Å². The molecule has 3 heteroatoms. The monoisotopic (exact) mass is 220 g/mol. The van der Waals surface area contributed by atoms with Crippen LogP contribution in [-0.4, -0.2) is 20.0 Å². The molecule has 0 spiro atoms. The summed E-state index contributed by atoms with van der Waals surface area (Å²) in [6, 6.07) is 3.67. The molecule has 3 nitrogen and oxygen atoms in total. The van der Waals surface area contributed by atoms with Crippen LogP contribution in [0.4, 0.5) is 0 Å². The average Bonchev–Trinajstić information content (AvgIpc) is 2.32. The summed E-state index contributed by atoms with van der Waals surface area (Å²) in [7, 11) is 3.22. The van der Waals surface area contributed by atoms with Gasteiger partial charge in [0.25, 0.3) is 0 Å². The van der Waals surface area contributed by atoms with E-state index in [-0.39, 0.29) is 5.78 Å². The molecule has 1 unspecified atom stereocenters. The van der Waals surface area contributed by atoms with Crippen LogP contribution in [0.3, 0.4) is 0 Å². The second-order valence-electron chi connectivity index (χ2n) is 4.12. The maximum atomic E-state index is 11.9. The standard InChI is InChI=1S/C13H16O3/c1-8-4-5-9(14)13-11(16-3)7-6-10(15-2)12(8)13/h6-8H,4-5H2,1-3H3. The summed E-state index contributed by atoms with van der Waals surface area (Å²) in [4.78, 5) is 11.9. The van der Waals surface area contributed by atoms with Crippen molar-refractivity contribution in [3.8, 4) is 11.5 Å². The maximum Gasteiger partial charge on any atom is 0.167 e. The molecule has 0 heterocycles. The highest BCUT2D eigenvalue weighted by Crippen LogP contribution is 2.41. The number of rotatable bonds is 2. The van der Waals surface area contributed by atoms with E-state index in [1.807, 2.05) is 6.07 Å². The highest BCUT2D eigenvalue weighted by molar-refractivity contribution is 6.02. The van der Waals surface area contributed by atoms with Gasteiger partial charge in [-0.2, -0.15) is 0 Å². The van der Waals surface area contributed by atoms with Gasteiger partial charge in [-0.3, -0.25) is 4.79 Å². The third-order valence-corrected chi connectivity index (χ3v) is 3.18. The molecule has 0 saturated carbocycles. The molecule has 1 aliphatic carbocycles. The van der Waals surface area contributed by atoms with Gasteiger partial charge in [0.1, 0.15) is 11.5 Å². The van der Waals surface area contributed by atoms with Gasteiger partial charge in [-0.1, -0.05) is 6.92 Å². The third kappa shape index (κ3) is 1.56. The predicted octanol–water partition coefficient (Wildman–Crippen LogP) is 2.78. The van der Waals surface area contributed by atoms with E-state index in [0.29, 0.717) is 23.7 Å². The van der Waals surface area contributed by atoms with Crippen LogP contribution in [0, 0.1) is 0 Å². The molecule has 0 radical (unpaired) electrons. The molecule has 0 fully saturated rings. The van der Waals surface area contributed by atoms with Crippen LogP contribution >= 0.6 is 0 Å². The van der Waals surface area contributed by atoms with Crippen LogP contribution in [0.1, 0.15) is 41.6 Å². The van der Waals surface area contributed by atoms with Gasteiger partial charge in [0.2, 0.25) is 0 Å². The molecule has 1 aliphatic rings. The Morgan fingerprint density at radius 2 is 1.81 bits per heavy atom. The van der Waals surface area contributed by atoms with Crippen molar-refractivity contribution in [2.45, 2.75) is 25.7 Å². The zero-order valence-electron chi connectivity index (χ0n) is 9.87. The van der Waals surface area contributed by atoms with Crippen molar-refractivity contribution < 1.29 is 14.3 Å². The first-order valence-electron chi connectivity index (χ1n) is 5.47. The minimum Gasteiger partial charge on any atom is -0.496 e. The van der Waals surface area contributed by atoms with Gasteiger partial charge in [0, 0.05) is 12.0 Å². The van der Waals surface area contributed by atoms with Gasteiger partial charge in [0.15, 0.2) is 5.78 Å². The molecule has 0 bridgehead atoms. The van der Waals surface area contributed by atoms with E-state index in [9.17, 15) is 4.79 Å². The Morgan fingerprint density at radius 3 is 2.44 bits per heavy atom. The number of carbonyl (C=O) groups is 1. The molecular weight excluding hydrogens is 204 g/mol. The summed E-state index contributed by atoms with van der Waals surface area (Å²) in [5, 5.41) is 0. The molecule has 86 valence electrons. The maximum absolute atomic E-state index is 11.9. The van der Waals surface area contributed by atoms with Gasteiger partial charge in [-0.15, -0.1) is 0 Å². The van der Waals surface area contributed by atoms with Gasteiger partial charge >= 0.3 is 0 Å². The molecule has 0 saturated heterocycles. The third-order valence-electron chi connectivity index (χ3n) is 3.18. The lowest BCUT2D eigenvalue weighted by Crippen LogP contribution is -2.16. The molecule has 2 rings (SSSR count). The van der Waals surface area contributed by atoms with Crippen molar-refractivity contribution in [1.29, 1.82) is 0 Å². The summed E-state index contributed by atoms with van der Waals surface area (Å²) in [6.07, 6.45) is 1.48. The van der Waals surface area contributed by atoms with Crippen LogP contribution < -0.4 is 9.47 Å². The fourth-order valence-electron chi connectivity index (χ4n) is 2.32. The Labute approximate surface area is 95.4 Å². The Morgan fingerprint density at radius 1 is 1.19 bits per heavy atom. The molecule has 1 atom stereocenters. The van der Waals surface area contributed by atoms with E-state index in [1.54, 1.807) is 20.3 Å². The number of Topliss-reactive ketones (excluding diaryl/α,β-unsaturated/α-hetero) is 1. The van der Waals surface area contributed by atoms with E-state index < -0.39 is 0 Å². The number of carbonyl (C=O) groups excluding carboxylic acids is 1. The van der Waals surface area contributed by atoms with E-state index in [2.05, 4.69) is 6.92 Å². The van der Waals surface area contributed by atoms with Crippen molar-refractivity contribution in [1.82, 2.24) is 0 Å². The minimum atomic E-state index is 0.156. The summed E-state index contributed by atoms with van der Waals surface area (Å²) in [5.74, 6) is 1.95. The van der Waals surface area contributed by atoms with Gasteiger partial charge < -0.3 is 9.47 Å². The highest BCUT2D eigenvalue weighted by atomic mass is 16.5. The first-order valence-corrected chi connectivity index (χ1v) is 5.47. The van der Waals surface area contributed by atoms with E-state index >= 15 is 0 Å². The zero-order valence-corrected chi connectivity index (χ0v) is 9.87. The zero-order chi connectivity index (χ0) is 11.7. The minimum absolute atomic E-state index is 0.156. The summed E-state index contributed by atoms with van der Waals surface area (Å²) in [5.41, 5.74) is 1.71. The number of fused-ring (bicyclic) bond motifs is 1. The number of hydrogen-bond donors (Lipinski definition) is 0. The molecule has 0 amide bonds. The second kappa shape index (κ2) is 4.16. The predicted molar refractivity (Wildman–Crippen MR) is 61.5 cm³/mol. The Balaban J connectivity index is 2.67. The van der Waals surface area contributed by atoms with Crippen molar-refractivity contribution in [2.24, 2.45) is 0 Å². The van der Waals surface area contributed by atoms with Gasteiger partial charge in [-0.05, 0) is 24.5 Å². The quantitative estimate of drug-likeness (QED) is 0.768. The van der Waals surface area contributed by atoms with Crippen molar-refractivity contribution in [3.05, 3.63) is 23.3 Å². The van der Waals surface area contributed by atoms with Crippen LogP contribution in [0.15, 0.2) is 12.1 Å². The summed E-state index contributed by atoms with van der Waals surface area (Å²) >= 11 is 0. The summed E-state index contributed by atoms with van der Waals surface area (Å²) in [6.45, 7) is 2.12. The lowest BCUT2D eigenvalue weighted by atomic mass is 9.82. The normalized spacial score (nSPS) is 19.2. The van der Waals surface area contributed by atoms with Crippen LogP contribution in [-0.2, 0) is 0 Å². The lowest BCUT2D eigenvalue weighted by Gasteiger charge is -2.25.